The van der Waals surface area contributed by atoms with Crippen LogP contribution in [-0.2, 0) is 23.1 Å². The van der Waals surface area contributed by atoms with Crippen LogP contribution >= 0.6 is 0 Å². The predicted octanol–water partition coefficient (Wildman–Crippen LogP) is 3.84. The van der Waals surface area contributed by atoms with Crippen molar-refractivity contribution in [3.05, 3.63) is 77.2 Å². The molecule has 0 aliphatic heterocycles. The van der Waals surface area contributed by atoms with Crippen LogP contribution in [0.5, 0.6) is 11.5 Å². The lowest BCUT2D eigenvalue weighted by molar-refractivity contribution is 0.0921. The van der Waals surface area contributed by atoms with E-state index in [1.807, 2.05) is 43.3 Å². The average Bonchev–Trinajstić information content (AvgIpc) is 3.20. The zero-order valence-electron chi connectivity index (χ0n) is 16.6. The summed E-state index contributed by atoms with van der Waals surface area (Å²) in [6, 6.07) is 16.3. The van der Waals surface area contributed by atoms with Gasteiger partial charge in [-0.3, -0.25) is 9.00 Å². The number of carbonyl (C=O) groups excluding carboxylic acids is 1. The van der Waals surface area contributed by atoms with E-state index in [9.17, 15) is 9.00 Å². The van der Waals surface area contributed by atoms with Crippen LogP contribution < -0.4 is 14.8 Å². The highest BCUT2D eigenvalue weighted by molar-refractivity contribution is 7.84. The Morgan fingerprint density at radius 1 is 1.07 bits per heavy atom. The van der Waals surface area contributed by atoms with Gasteiger partial charge in [0, 0.05) is 17.0 Å². The van der Waals surface area contributed by atoms with Crippen molar-refractivity contribution in [3.63, 3.8) is 0 Å². The Morgan fingerprint density at radius 2 is 1.86 bits per heavy atom. The highest BCUT2D eigenvalue weighted by Crippen LogP contribution is 2.30. The van der Waals surface area contributed by atoms with Gasteiger partial charge in [-0.2, -0.15) is 0 Å². The van der Waals surface area contributed by atoms with E-state index in [-0.39, 0.29) is 24.0 Å². The lowest BCUT2D eigenvalue weighted by atomic mass is 10.2. The first-order valence-corrected chi connectivity index (χ1v) is 10.4. The minimum atomic E-state index is -1.24. The summed E-state index contributed by atoms with van der Waals surface area (Å²) in [5.41, 5.74) is 1.83. The minimum Gasteiger partial charge on any atom is -0.493 e. The van der Waals surface area contributed by atoms with Gasteiger partial charge in [-0.25, -0.2) is 0 Å². The molecule has 6 nitrogen and oxygen atoms in total. The molecule has 152 valence electrons. The summed E-state index contributed by atoms with van der Waals surface area (Å²) in [7, 11) is 1.87. The molecule has 0 saturated carbocycles. The maximum Gasteiger partial charge on any atom is 0.287 e. The molecule has 0 saturated heterocycles. The van der Waals surface area contributed by atoms with Gasteiger partial charge in [-0.15, -0.1) is 0 Å². The number of ether oxygens (including phenoxy) is 2. The van der Waals surface area contributed by atoms with Gasteiger partial charge in [0.2, 0.25) is 0 Å². The van der Waals surface area contributed by atoms with Gasteiger partial charge < -0.3 is 19.2 Å². The fraction of sp³-hybridized carbons (Fsp3) is 0.227. The summed E-state index contributed by atoms with van der Waals surface area (Å²) in [5.74, 6) is 1.68. The van der Waals surface area contributed by atoms with Gasteiger partial charge in [0.1, 0.15) is 5.76 Å². The number of rotatable bonds is 8. The predicted molar refractivity (Wildman–Crippen MR) is 111 cm³/mol. The van der Waals surface area contributed by atoms with Crippen LogP contribution in [0, 0.1) is 6.92 Å². The maximum absolute atomic E-state index is 12.5. The smallest absolute Gasteiger partial charge is 0.287 e. The number of hydrogen-bond donors (Lipinski definition) is 1. The summed E-state index contributed by atoms with van der Waals surface area (Å²) < 4.78 is 28.7. The zero-order chi connectivity index (χ0) is 20.8. The van der Waals surface area contributed by atoms with Crippen molar-refractivity contribution in [2.24, 2.45) is 0 Å². The lowest BCUT2D eigenvalue weighted by Crippen LogP contribution is -2.22. The average molecular weight is 413 g/mol. The Kier molecular flexibility index (Phi) is 6.72. The van der Waals surface area contributed by atoms with Crippen LogP contribution in [-0.4, -0.2) is 24.3 Å². The van der Waals surface area contributed by atoms with Crippen molar-refractivity contribution >= 4 is 16.7 Å². The van der Waals surface area contributed by atoms with E-state index in [1.54, 1.807) is 32.4 Å². The fourth-order valence-electron chi connectivity index (χ4n) is 2.90. The van der Waals surface area contributed by atoms with Crippen LogP contribution in [0.2, 0.25) is 0 Å². The van der Waals surface area contributed by atoms with Gasteiger partial charge in [-0.1, -0.05) is 24.3 Å². The Morgan fingerprint density at radius 3 is 2.59 bits per heavy atom. The molecule has 0 radical (unpaired) electrons. The summed E-state index contributed by atoms with van der Waals surface area (Å²) in [4.78, 5) is 13.2. The topological polar surface area (TPSA) is 77.8 Å². The van der Waals surface area contributed by atoms with Gasteiger partial charge in [0.25, 0.3) is 5.91 Å². The van der Waals surface area contributed by atoms with Gasteiger partial charge >= 0.3 is 0 Å². The monoisotopic (exact) mass is 413 g/mol. The molecule has 0 bridgehead atoms. The first-order valence-electron chi connectivity index (χ1n) is 9.03. The summed E-state index contributed by atoms with van der Waals surface area (Å²) in [5, 5.41) is 2.80. The second-order valence-corrected chi connectivity index (χ2v) is 7.86. The van der Waals surface area contributed by atoms with Crippen LogP contribution in [0.25, 0.3) is 0 Å². The van der Waals surface area contributed by atoms with Crippen LogP contribution in [0.15, 0.2) is 63.9 Å². The van der Waals surface area contributed by atoms with E-state index in [4.69, 9.17) is 13.9 Å². The molecule has 0 fully saturated rings. The summed E-state index contributed by atoms with van der Waals surface area (Å²) in [6.45, 7) is 2.21. The molecule has 1 atom stereocenters. The summed E-state index contributed by atoms with van der Waals surface area (Å²) >= 11 is 0. The van der Waals surface area contributed by atoms with E-state index >= 15 is 0 Å². The number of aryl methyl sites for hydroxylation is 1. The fourth-order valence-corrected chi connectivity index (χ4v) is 4.03. The largest absolute Gasteiger partial charge is 0.493 e. The van der Waals surface area contributed by atoms with Crippen LogP contribution in [0.1, 0.15) is 27.4 Å². The molecule has 0 aliphatic carbocycles. The molecule has 29 heavy (non-hydrogen) atoms. The second-order valence-electron chi connectivity index (χ2n) is 6.41. The minimum absolute atomic E-state index is 0.170. The van der Waals surface area contributed by atoms with E-state index in [0.29, 0.717) is 17.3 Å². The van der Waals surface area contributed by atoms with Crippen LogP contribution in [0.4, 0.5) is 0 Å². The lowest BCUT2D eigenvalue weighted by Gasteiger charge is -2.12. The molecule has 0 aliphatic rings. The Bertz CT molecular complexity index is 1030. The molecule has 2 aromatic carbocycles. The number of carbonyl (C=O) groups is 1. The first kappa shape index (κ1) is 20.7. The number of methoxy groups -OCH3 is 2. The third-order valence-corrected chi connectivity index (χ3v) is 5.66. The highest BCUT2D eigenvalue weighted by atomic mass is 32.2. The van der Waals surface area contributed by atoms with Gasteiger partial charge in [0.05, 0.1) is 30.8 Å². The third-order valence-electron chi connectivity index (χ3n) is 4.34. The van der Waals surface area contributed by atoms with E-state index in [1.165, 1.54) is 0 Å². The number of benzene rings is 2. The van der Waals surface area contributed by atoms with Crippen molar-refractivity contribution in [3.8, 4) is 11.5 Å². The molecule has 7 heteroatoms. The van der Waals surface area contributed by atoms with E-state index in [0.717, 1.165) is 16.0 Å². The molecule has 1 aromatic heterocycles. The van der Waals surface area contributed by atoms with E-state index in [2.05, 4.69) is 5.32 Å². The third kappa shape index (κ3) is 5.06. The highest BCUT2D eigenvalue weighted by Gasteiger charge is 2.15. The number of nitrogens with one attached hydrogen (secondary N) is 1. The Labute approximate surface area is 172 Å². The first-order chi connectivity index (χ1) is 14.0. The standard InChI is InChI=1S/C22H23NO5S/c1-15-6-4-8-18(12-15)29(25)14-17-10-11-20(28-17)22(24)23-13-16-7-5-9-19(26-2)21(16)27-3/h4-12H,13-14H2,1-3H3,(H,23,24)/t29-/m0/s1. The molecular weight excluding hydrogens is 390 g/mol. The second kappa shape index (κ2) is 9.43. The molecule has 3 aromatic rings. The van der Waals surface area contributed by atoms with Crippen LogP contribution in [0.3, 0.4) is 0 Å². The molecule has 0 unspecified atom stereocenters. The van der Waals surface area contributed by atoms with Crippen molar-refractivity contribution in [2.75, 3.05) is 14.2 Å². The van der Waals surface area contributed by atoms with E-state index < -0.39 is 10.8 Å². The number of para-hydroxylation sites is 1. The SMILES string of the molecule is COc1cccc(CNC(=O)c2ccc(C[S@](=O)c3cccc(C)c3)o2)c1OC. The van der Waals surface area contributed by atoms with Gasteiger partial charge in [-0.05, 0) is 42.8 Å². The molecular formula is C22H23NO5S. The van der Waals surface area contributed by atoms with Crippen molar-refractivity contribution in [1.29, 1.82) is 0 Å². The van der Waals surface area contributed by atoms with Gasteiger partial charge in [0.15, 0.2) is 17.3 Å². The molecule has 1 N–H and O–H groups in total. The zero-order valence-corrected chi connectivity index (χ0v) is 17.4. The maximum atomic E-state index is 12.5. The molecule has 1 amide bonds. The van der Waals surface area contributed by atoms with Crippen molar-refractivity contribution in [1.82, 2.24) is 5.32 Å². The van der Waals surface area contributed by atoms with Crippen molar-refractivity contribution < 1.29 is 22.9 Å². The molecule has 1 heterocycles. The van der Waals surface area contributed by atoms with Crippen molar-refractivity contribution in [2.45, 2.75) is 24.1 Å². The number of amides is 1. The Hall–Kier alpha value is -3.06. The normalized spacial score (nSPS) is 11.7. The number of furan rings is 1. The quantitative estimate of drug-likeness (QED) is 0.607. The molecule has 0 spiro atoms. The molecule has 3 rings (SSSR count). The number of hydrogen-bond acceptors (Lipinski definition) is 5. The Balaban J connectivity index is 1.63. The summed E-state index contributed by atoms with van der Waals surface area (Å²) in [6.07, 6.45) is 0.